The van der Waals surface area contributed by atoms with Gasteiger partial charge in [0.25, 0.3) is 5.56 Å². The number of rotatable bonds is 3. The minimum atomic E-state index is -0.448. The van der Waals surface area contributed by atoms with E-state index in [0.29, 0.717) is 17.5 Å². The van der Waals surface area contributed by atoms with Crippen LogP contribution in [0.5, 0.6) is 5.75 Å². The molecule has 5 rings (SSSR count). The first-order chi connectivity index (χ1) is 15.8. The monoisotopic (exact) mass is 445 g/mol. The van der Waals surface area contributed by atoms with Crippen LogP contribution in [0.2, 0.25) is 0 Å². The summed E-state index contributed by atoms with van der Waals surface area (Å²) >= 11 is 0. The molecule has 0 unspecified atom stereocenters. The van der Waals surface area contributed by atoms with Crippen LogP contribution in [0.1, 0.15) is 31.2 Å². The second kappa shape index (κ2) is 7.49. The van der Waals surface area contributed by atoms with E-state index in [1.165, 1.54) is 11.6 Å². The fourth-order valence-corrected chi connectivity index (χ4v) is 4.90. The number of benzene rings is 2. The molecule has 0 aliphatic carbocycles. The molecule has 0 bridgehead atoms. The number of aromatic nitrogens is 3. The summed E-state index contributed by atoms with van der Waals surface area (Å²) in [6, 6.07) is 17.6. The third-order valence-corrected chi connectivity index (χ3v) is 6.53. The van der Waals surface area contributed by atoms with Gasteiger partial charge in [-0.1, -0.05) is 30.3 Å². The normalized spacial score (nSPS) is 17.2. The van der Waals surface area contributed by atoms with E-state index in [4.69, 9.17) is 9.47 Å². The zero-order valence-electron chi connectivity index (χ0n) is 19.5. The second-order valence-corrected chi connectivity index (χ2v) is 9.14. The van der Waals surface area contributed by atoms with Gasteiger partial charge < -0.3 is 14.0 Å². The summed E-state index contributed by atoms with van der Waals surface area (Å²) in [6.45, 7) is 4.64. The summed E-state index contributed by atoms with van der Waals surface area (Å²) < 4.78 is 16.7. The van der Waals surface area contributed by atoms with Gasteiger partial charge in [0.2, 0.25) is 0 Å². The zero-order chi connectivity index (χ0) is 23.5. The van der Waals surface area contributed by atoms with Crippen LogP contribution in [0.25, 0.3) is 22.2 Å². The van der Waals surface area contributed by atoms with E-state index in [1.54, 1.807) is 18.7 Å². The van der Waals surface area contributed by atoms with Gasteiger partial charge in [0, 0.05) is 14.1 Å². The van der Waals surface area contributed by atoms with E-state index in [1.807, 2.05) is 54.6 Å². The highest BCUT2D eigenvalue weighted by molar-refractivity contribution is 5.96. The van der Waals surface area contributed by atoms with Gasteiger partial charge in [-0.2, -0.15) is 0 Å². The van der Waals surface area contributed by atoms with Crippen LogP contribution >= 0.6 is 0 Å². The van der Waals surface area contributed by atoms with Crippen molar-refractivity contribution in [2.24, 2.45) is 14.1 Å². The van der Waals surface area contributed by atoms with Crippen LogP contribution in [0.4, 0.5) is 0 Å². The number of aryl methyl sites for hydroxylation is 1. The first kappa shape index (κ1) is 21.3. The zero-order valence-corrected chi connectivity index (χ0v) is 19.5. The lowest BCUT2D eigenvalue weighted by Crippen LogP contribution is -2.40. The molecule has 0 spiro atoms. The van der Waals surface area contributed by atoms with E-state index in [9.17, 15) is 9.59 Å². The Morgan fingerprint density at radius 1 is 0.970 bits per heavy atom. The lowest BCUT2D eigenvalue weighted by Gasteiger charge is -2.39. The Kier molecular flexibility index (Phi) is 4.83. The van der Waals surface area contributed by atoms with Crippen molar-refractivity contribution in [2.45, 2.75) is 25.5 Å². The Hall–Kier alpha value is -3.58. The number of fused-ring (bicyclic) bond motifs is 3. The van der Waals surface area contributed by atoms with Gasteiger partial charge >= 0.3 is 5.69 Å². The van der Waals surface area contributed by atoms with Crippen molar-refractivity contribution < 1.29 is 9.47 Å². The number of methoxy groups -OCH3 is 1. The third kappa shape index (κ3) is 3.07. The maximum Gasteiger partial charge on any atom is 0.331 e. The fourth-order valence-electron chi connectivity index (χ4n) is 4.90. The smallest absolute Gasteiger partial charge is 0.331 e. The molecule has 170 valence electrons. The maximum atomic E-state index is 13.6. The molecule has 0 amide bonds. The number of nitrogens with zero attached hydrogens (tertiary/aromatic N) is 3. The summed E-state index contributed by atoms with van der Waals surface area (Å²) in [5.74, 6) is 0.735. The van der Waals surface area contributed by atoms with E-state index in [-0.39, 0.29) is 11.2 Å². The average Bonchev–Trinajstić information content (AvgIpc) is 3.20. The second-order valence-electron chi connectivity index (χ2n) is 9.14. The summed E-state index contributed by atoms with van der Waals surface area (Å²) in [5, 5.41) is 0.513. The van der Waals surface area contributed by atoms with Crippen molar-refractivity contribution in [3.8, 4) is 17.0 Å². The molecule has 2 aromatic carbocycles. The van der Waals surface area contributed by atoms with E-state index >= 15 is 0 Å². The third-order valence-electron chi connectivity index (χ3n) is 6.53. The lowest BCUT2D eigenvalue weighted by molar-refractivity contribution is -0.00707. The SMILES string of the molecule is COc1ccc(-c2c3c(=O)n(C)c(=O)n(C)c3c3n2C(C)(C)CO[C@@H]3c2ccccc2)cc1. The molecule has 0 saturated heterocycles. The predicted molar refractivity (Wildman–Crippen MR) is 128 cm³/mol. The Morgan fingerprint density at radius 2 is 1.64 bits per heavy atom. The molecule has 4 aromatic rings. The van der Waals surface area contributed by atoms with Crippen LogP contribution in [0.15, 0.2) is 64.2 Å². The van der Waals surface area contributed by atoms with Crippen LogP contribution in [-0.2, 0) is 24.4 Å². The van der Waals surface area contributed by atoms with Crippen LogP contribution in [0, 0.1) is 0 Å². The van der Waals surface area contributed by atoms with Gasteiger partial charge in [0.1, 0.15) is 11.9 Å². The quantitative estimate of drug-likeness (QED) is 0.484. The van der Waals surface area contributed by atoms with Crippen LogP contribution < -0.4 is 16.0 Å². The first-order valence-electron chi connectivity index (χ1n) is 10.9. The van der Waals surface area contributed by atoms with E-state index < -0.39 is 11.6 Å². The van der Waals surface area contributed by atoms with Gasteiger partial charge in [-0.15, -0.1) is 0 Å². The topological polar surface area (TPSA) is 67.4 Å². The number of hydrogen-bond acceptors (Lipinski definition) is 4. The number of ether oxygens (including phenoxy) is 2. The number of hydrogen-bond donors (Lipinski definition) is 0. The molecule has 1 aliphatic rings. The molecule has 2 aromatic heterocycles. The van der Waals surface area contributed by atoms with Crippen molar-refractivity contribution in [3.63, 3.8) is 0 Å². The highest BCUT2D eigenvalue weighted by Crippen LogP contribution is 2.45. The minimum Gasteiger partial charge on any atom is -0.497 e. The largest absolute Gasteiger partial charge is 0.497 e. The molecule has 1 atom stereocenters. The summed E-state index contributed by atoms with van der Waals surface area (Å²) in [6.07, 6.45) is -0.411. The Morgan fingerprint density at radius 3 is 2.27 bits per heavy atom. The molecule has 0 N–H and O–H groups in total. The maximum absolute atomic E-state index is 13.6. The molecular formula is C26H27N3O4. The summed E-state index contributed by atoms with van der Waals surface area (Å²) in [4.78, 5) is 26.5. The molecule has 0 fully saturated rings. The van der Waals surface area contributed by atoms with Crippen molar-refractivity contribution >= 4 is 10.9 Å². The molecule has 7 nitrogen and oxygen atoms in total. The highest BCUT2D eigenvalue weighted by Gasteiger charge is 2.40. The first-order valence-corrected chi connectivity index (χ1v) is 10.9. The predicted octanol–water partition coefficient (Wildman–Crippen LogP) is 3.57. The minimum absolute atomic E-state index is 0.316. The summed E-state index contributed by atoms with van der Waals surface area (Å²) in [7, 11) is 4.86. The molecule has 3 heterocycles. The van der Waals surface area contributed by atoms with Gasteiger partial charge in [-0.25, -0.2) is 4.79 Å². The molecule has 0 radical (unpaired) electrons. The molecule has 0 saturated carbocycles. The van der Waals surface area contributed by atoms with Crippen LogP contribution in [0.3, 0.4) is 0 Å². The average molecular weight is 446 g/mol. The van der Waals surface area contributed by atoms with Crippen molar-refractivity contribution in [2.75, 3.05) is 13.7 Å². The van der Waals surface area contributed by atoms with Crippen molar-refractivity contribution in [1.82, 2.24) is 13.7 Å². The molecule has 1 aliphatic heterocycles. The molecule has 7 heteroatoms. The van der Waals surface area contributed by atoms with Crippen molar-refractivity contribution in [1.29, 1.82) is 0 Å². The Balaban J connectivity index is 1.99. The van der Waals surface area contributed by atoms with Gasteiger partial charge in [0.15, 0.2) is 0 Å². The van der Waals surface area contributed by atoms with Crippen molar-refractivity contribution in [3.05, 3.63) is 86.7 Å². The Labute approximate surface area is 191 Å². The van der Waals surface area contributed by atoms with Crippen LogP contribution in [-0.4, -0.2) is 27.4 Å². The van der Waals surface area contributed by atoms with Gasteiger partial charge in [0.05, 0.1) is 41.5 Å². The Bertz CT molecular complexity index is 1470. The fraction of sp³-hybridized carbons (Fsp3) is 0.308. The van der Waals surface area contributed by atoms with E-state index in [2.05, 4.69) is 18.4 Å². The summed E-state index contributed by atoms with van der Waals surface area (Å²) in [5.41, 5.74) is 2.93. The standard InChI is InChI=1S/C26H27N3O4/c1-26(2)15-33-23(17-9-7-6-8-10-17)22-21-19(24(30)28(4)25(31)27(21)3)20(29(22)26)16-11-13-18(32-5)14-12-16/h6-14,23H,15H2,1-5H3/t23-/m1/s1. The molecule has 33 heavy (non-hydrogen) atoms. The van der Waals surface area contributed by atoms with E-state index in [0.717, 1.165) is 28.3 Å². The highest BCUT2D eigenvalue weighted by atomic mass is 16.5. The van der Waals surface area contributed by atoms with Gasteiger partial charge in [-0.05, 0) is 49.2 Å². The molecular weight excluding hydrogens is 418 g/mol. The van der Waals surface area contributed by atoms with Gasteiger partial charge in [-0.3, -0.25) is 13.9 Å². The lowest BCUT2D eigenvalue weighted by atomic mass is 9.98.